The van der Waals surface area contributed by atoms with Crippen molar-refractivity contribution in [3.63, 3.8) is 0 Å². The van der Waals surface area contributed by atoms with E-state index in [9.17, 15) is 8.42 Å². The first-order valence-corrected chi connectivity index (χ1v) is 11.1. The smallest absolute Gasteiger partial charge is 0.193 e. The first kappa shape index (κ1) is 20.7. The Morgan fingerprint density at radius 1 is 1.31 bits per heavy atom. The van der Waals surface area contributed by atoms with Crippen molar-refractivity contribution < 1.29 is 13.2 Å². The highest BCUT2D eigenvalue weighted by Crippen LogP contribution is 2.28. The molecule has 1 aromatic rings. The predicted octanol–water partition coefficient (Wildman–Crippen LogP) is 1.93. The van der Waals surface area contributed by atoms with Crippen LogP contribution >= 0.6 is 0 Å². The molecule has 26 heavy (non-hydrogen) atoms. The third-order valence-corrected chi connectivity index (χ3v) is 6.02. The zero-order chi connectivity index (χ0) is 18.8. The van der Waals surface area contributed by atoms with Gasteiger partial charge in [-0.1, -0.05) is 30.3 Å². The van der Waals surface area contributed by atoms with Crippen LogP contribution in [0.25, 0.3) is 0 Å². The lowest BCUT2D eigenvalue weighted by atomic mass is 10.2. The summed E-state index contributed by atoms with van der Waals surface area (Å²) in [6.07, 6.45) is 3.15. The second-order valence-corrected chi connectivity index (χ2v) is 9.03. The maximum absolute atomic E-state index is 12.2. The highest BCUT2D eigenvalue weighted by atomic mass is 32.2. The first-order chi connectivity index (χ1) is 12.5. The van der Waals surface area contributed by atoms with E-state index in [4.69, 9.17) is 4.74 Å². The summed E-state index contributed by atoms with van der Waals surface area (Å²) in [5.74, 6) is 1.80. The molecule has 1 N–H and O–H groups in total. The molecule has 1 saturated carbocycles. The van der Waals surface area contributed by atoms with E-state index in [1.807, 2.05) is 42.3 Å². The summed E-state index contributed by atoms with van der Waals surface area (Å²) in [7, 11) is 0.600. The number of aliphatic imine (C=N–C) groups is 1. The Morgan fingerprint density at radius 2 is 2.04 bits per heavy atom. The van der Waals surface area contributed by atoms with Gasteiger partial charge in [0.05, 0.1) is 18.1 Å². The van der Waals surface area contributed by atoms with Crippen molar-refractivity contribution >= 4 is 15.8 Å². The molecule has 0 atom stereocenters. The number of benzene rings is 1. The zero-order valence-electron chi connectivity index (χ0n) is 15.9. The standard InChI is InChI=1S/C19H31N3O3S/c1-20-19(22(2)12-13-25-15-17-9-10-17)21-11-6-14-26(23,24)16-18-7-4-3-5-8-18/h3-5,7-8,17H,6,9-16H2,1-2H3,(H,20,21). The van der Waals surface area contributed by atoms with Crippen LogP contribution in [0.5, 0.6) is 0 Å². The van der Waals surface area contributed by atoms with Gasteiger partial charge in [0, 0.05) is 33.8 Å². The van der Waals surface area contributed by atoms with Gasteiger partial charge in [-0.2, -0.15) is 0 Å². The average Bonchev–Trinajstić information content (AvgIpc) is 3.43. The summed E-state index contributed by atoms with van der Waals surface area (Å²) in [6.45, 7) is 2.88. The minimum absolute atomic E-state index is 0.0980. The van der Waals surface area contributed by atoms with Gasteiger partial charge in [0.2, 0.25) is 0 Å². The number of rotatable bonds is 11. The number of nitrogens with one attached hydrogen (secondary N) is 1. The van der Waals surface area contributed by atoms with E-state index in [2.05, 4.69) is 10.3 Å². The summed E-state index contributed by atoms with van der Waals surface area (Å²) in [4.78, 5) is 6.25. The lowest BCUT2D eigenvalue weighted by molar-refractivity contribution is 0.115. The zero-order valence-corrected chi connectivity index (χ0v) is 16.7. The molecular weight excluding hydrogens is 350 g/mol. The van der Waals surface area contributed by atoms with Crippen LogP contribution in [0.2, 0.25) is 0 Å². The number of hydrogen-bond acceptors (Lipinski definition) is 4. The molecule has 0 spiro atoms. The van der Waals surface area contributed by atoms with Gasteiger partial charge >= 0.3 is 0 Å². The van der Waals surface area contributed by atoms with Crippen LogP contribution < -0.4 is 5.32 Å². The SMILES string of the molecule is CN=C(NCCCS(=O)(=O)Cc1ccccc1)N(C)CCOCC1CC1. The van der Waals surface area contributed by atoms with Gasteiger partial charge < -0.3 is 15.0 Å². The van der Waals surface area contributed by atoms with E-state index in [0.717, 1.165) is 30.6 Å². The summed E-state index contributed by atoms with van der Waals surface area (Å²) < 4.78 is 30.0. The maximum atomic E-state index is 12.2. The summed E-state index contributed by atoms with van der Waals surface area (Å²) >= 11 is 0. The average molecular weight is 382 g/mol. The largest absolute Gasteiger partial charge is 0.379 e. The van der Waals surface area contributed by atoms with Crippen molar-refractivity contribution in [1.29, 1.82) is 0 Å². The molecule has 0 unspecified atom stereocenters. The number of ether oxygens (including phenoxy) is 1. The maximum Gasteiger partial charge on any atom is 0.193 e. The van der Waals surface area contributed by atoms with E-state index in [0.29, 0.717) is 19.6 Å². The van der Waals surface area contributed by atoms with Crippen LogP contribution in [0, 0.1) is 5.92 Å². The monoisotopic (exact) mass is 381 g/mol. The van der Waals surface area contributed by atoms with Gasteiger partial charge in [-0.25, -0.2) is 8.42 Å². The van der Waals surface area contributed by atoms with Crippen LogP contribution in [0.1, 0.15) is 24.8 Å². The topological polar surface area (TPSA) is 71.0 Å². The van der Waals surface area contributed by atoms with Gasteiger partial charge in [0.15, 0.2) is 15.8 Å². The molecule has 0 amide bonds. The van der Waals surface area contributed by atoms with Gasteiger partial charge in [-0.3, -0.25) is 4.99 Å². The Morgan fingerprint density at radius 3 is 2.69 bits per heavy atom. The molecule has 0 saturated heterocycles. The highest BCUT2D eigenvalue weighted by Gasteiger charge is 2.21. The van der Waals surface area contributed by atoms with Crippen molar-refractivity contribution in [2.75, 3.05) is 46.2 Å². The quantitative estimate of drug-likeness (QED) is 0.360. The minimum Gasteiger partial charge on any atom is -0.379 e. The molecule has 0 aromatic heterocycles. The molecule has 146 valence electrons. The molecular formula is C19H31N3O3S. The van der Waals surface area contributed by atoms with E-state index in [-0.39, 0.29) is 11.5 Å². The normalized spacial score (nSPS) is 15.1. The third kappa shape index (κ3) is 8.19. The highest BCUT2D eigenvalue weighted by molar-refractivity contribution is 7.90. The van der Waals surface area contributed by atoms with Crippen molar-refractivity contribution in [3.05, 3.63) is 35.9 Å². The molecule has 0 bridgehead atoms. The number of sulfone groups is 1. The molecule has 6 nitrogen and oxygen atoms in total. The van der Waals surface area contributed by atoms with Crippen molar-refractivity contribution in [1.82, 2.24) is 10.2 Å². The molecule has 7 heteroatoms. The third-order valence-electron chi connectivity index (χ3n) is 4.34. The van der Waals surface area contributed by atoms with Crippen LogP contribution in [-0.2, 0) is 20.3 Å². The fraction of sp³-hybridized carbons (Fsp3) is 0.632. The number of hydrogen-bond donors (Lipinski definition) is 1. The van der Waals surface area contributed by atoms with Gasteiger partial charge in [-0.15, -0.1) is 0 Å². The molecule has 0 heterocycles. The number of guanidine groups is 1. The van der Waals surface area contributed by atoms with Crippen LogP contribution in [0.15, 0.2) is 35.3 Å². The minimum atomic E-state index is -3.09. The lowest BCUT2D eigenvalue weighted by Crippen LogP contribution is -2.41. The second kappa shape index (κ2) is 10.5. The molecule has 0 aliphatic heterocycles. The Kier molecular flexibility index (Phi) is 8.38. The van der Waals surface area contributed by atoms with E-state index < -0.39 is 9.84 Å². The Hall–Kier alpha value is -1.60. The molecule has 0 radical (unpaired) electrons. The van der Waals surface area contributed by atoms with Crippen molar-refractivity contribution in [2.45, 2.75) is 25.0 Å². The van der Waals surface area contributed by atoms with E-state index in [1.54, 1.807) is 7.05 Å². The van der Waals surface area contributed by atoms with E-state index in [1.165, 1.54) is 12.8 Å². The number of likely N-dealkylation sites (N-methyl/N-ethyl adjacent to an activating group) is 1. The number of nitrogens with zero attached hydrogens (tertiary/aromatic N) is 2. The summed E-state index contributed by atoms with van der Waals surface area (Å²) in [5.41, 5.74) is 0.835. The fourth-order valence-corrected chi connectivity index (χ4v) is 4.05. The molecule has 1 aliphatic rings. The fourth-order valence-electron chi connectivity index (χ4n) is 2.62. The first-order valence-electron chi connectivity index (χ1n) is 9.24. The van der Waals surface area contributed by atoms with Crippen molar-refractivity contribution in [2.24, 2.45) is 10.9 Å². The Balaban J connectivity index is 1.62. The Bertz CT molecular complexity index is 658. The Labute approximate surface area is 157 Å². The second-order valence-electron chi connectivity index (χ2n) is 6.85. The van der Waals surface area contributed by atoms with Gasteiger partial charge in [-0.05, 0) is 30.7 Å². The van der Waals surface area contributed by atoms with Crippen molar-refractivity contribution in [3.8, 4) is 0 Å². The van der Waals surface area contributed by atoms with Crippen LogP contribution in [0.3, 0.4) is 0 Å². The summed E-state index contributed by atoms with van der Waals surface area (Å²) in [6, 6.07) is 9.30. The van der Waals surface area contributed by atoms with Gasteiger partial charge in [0.25, 0.3) is 0 Å². The van der Waals surface area contributed by atoms with Crippen LogP contribution in [-0.4, -0.2) is 65.4 Å². The molecule has 1 aliphatic carbocycles. The molecule has 2 rings (SSSR count). The van der Waals surface area contributed by atoms with E-state index >= 15 is 0 Å². The van der Waals surface area contributed by atoms with Gasteiger partial charge in [0.1, 0.15) is 0 Å². The predicted molar refractivity (Wildman–Crippen MR) is 106 cm³/mol. The molecule has 1 fully saturated rings. The molecule has 1 aromatic carbocycles. The lowest BCUT2D eigenvalue weighted by Gasteiger charge is -2.22. The summed E-state index contributed by atoms with van der Waals surface area (Å²) in [5, 5.41) is 3.22. The van der Waals surface area contributed by atoms with Crippen LogP contribution in [0.4, 0.5) is 0 Å².